The quantitative estimate of drug-likeness (QED) is 0.871. The summed E-state index contributed by atoms with van der Waals surface area (Å²) in [6, 6.07) is 6.07. The van der Waals surface area contributed by atoms with Gasteiger partial charge < -0.3 is 5.32 Å². The van der Waals surface area contributed by atoms with E-state index < -0.39 is 0 Å². The van der Waals surface area contributed by atoms with Crippen molar-refractivity contribution in [3.05, 3.63) is 35.9 Å². The van der Waals surface area contributed by atoms with Crippen LogP contribution in [0.25, 0.3) is 11.3 Å². The number of anilines is 1. The second kappa shape index (κ2) is 6.98. The summed E-state index contributed by atoms with van der Waals surface area (Å²) in [5.41, 5.74) is 3.06. The average molecular weight is 270 g/mol. The lowest BCUT2D eigenvalue weighted by Gasteiger charge is -2.09. The minimum Gasteiger partial charge on any atom is -0.370 e. The second-order valence-corrected chi connectivity index (χ2v) is 4.92. The maximum Gasteiger partial charge on any atom is 0.131 e. The highest BCUT2D eigenvalue weighted by Gasteiger charge is 2.06. The molecule has 0 saturated carbocycles. The van der Waals surface area contributed by atoms with E-state index in [0.717, 1.165) is 54.4 Å². The second-order valence-electron chi connectivity index (χ2n) is 4.92. The van der Waals surface area contributed by atoms with Crippen LogP contribution in [0, 0.1) is 6.92 Å². The van der Waals surface area contributed by atoms with Crippen molar-refractivity contribution < 1.29 is 0 Å². The van der Waals surface area contributed by atoms with Crippen LogP contribution in [-0.2, 0) is 6.42 Å². The fourth-order valence-electron chi connectivity index (χ4n) is 2.03. The van der Waals surface area contributed by atoms with Gasteiger partial charge >= 0.3 is 0 Å². The van der Waals surface area contributed by atoms with Crippen LogP contribution in [0.5, 0.6) is 0 Å². The van der Waals surface area contributed by atoms with Gasteiger partial charge in [0, 0.05) is 36.5 Å². The molecule has 0 aliphatic carbocycles. The molecule has 0 bridgehead atoms. The van der Waals surface area contributed by atoms with Crippen molar-refractivity contribution >= 4 is 5.82 Å². The SMILES string of the molecule is CCCNc1cc(-c2ccnc(C)c2)nc(CCC)n1. The molecule has 2 aromatic heterocycles. The van der Waals surface area contributed by atoms with Gasteiger partial charge in [0.2, 0.25) is 0 Å². The molecule has 0 aromatic carbocycles. The number of aromatic nitrogens is 3. The van der Waals surface area contributed by atoms with Crippen LogP contribution in [0.3, 0.4) is 0 Å². The van der Waals surface area contributed by atoms with Crippen molar-refractivity contribution in [1.29, 1.82) is 0 Å². The molecule has 2 aromatic rings. The molecule has 0 unspecified atom stereocenters. The molecule has 0 atom stereocenters. The lowest BCUT2D eigenvalue weighted by Crippen LogP contribution is -2.06. The van der Waals surface area contributed by atoms with E-state index in [1.54, 1.807) is 0 Å². The summed E-state index contributed by atoms with van der Waals surface area (Å²) in [7, 11) is 0. The summed E-state index contributed by atoms with van der Waals surface area (Å²) >= 11 is 0. The molecule has 0 aliphatic rings. The van der Waals surface area contributed by atoms with Crippen molar-refractivity contribution in [3.63, 3.8) is 0 Å². The van der Waals surface area contributed by atoms with E-state index >= 15 is 0 Å². The number of rotatable bonds is 6. The third-order valence-electron chi connectivity index (χ3n) is 2.99. The largest absolute Gasteiger partial charge is 0.370 e. The van der Waals surface area contributed by atoms with Gasteiger partial charge in [0.05, 0.1) is 5.69 Å². The monoisotopic (exact) mass is 270 g/mol. The van der Waals surface area contributed by atoms with E-state index in [2.05, 4.69) is 40.2 Å². The minimum atomic E-state index is 0.901. The zero-order valence-corrected chi connectivity index (χ0v) is 12.5. The highest BCUT2D eigenvalue weighted by molar-refractivity contribution is 5.62. The molecular formula is C16H22N4. The van der Waals surface area contributed by atoms with Gasteiger partial charge in [-0.05, 0) is 31.9 Å². The summed E-state index contributed by atoms with van der Waals surface area (Å²) in [5.74, 6) is 1.81. The Morgan fingerprint density at radius 3 is 2.65 bits per heavy atom. The fraction of sp³-hybridized carbons (Fsp3) is 0.438. The molecule has 1 N–H and O–H groups in total. The van der Waals surface area contributed by atoms with Crippen LogP contribution in [0.15, 0.2) is 24.4 Å². The molecule has 106 valence electrons. The van der Waals surface area contributed by atoms with E-state index in [1.165, 1.54) is 0 Å². The standard InChI is InChI=1S/C16H22N4/c1-4-6-15-19-14(11-16(20-15)18-8-5-2)13-7-9-17-12(3)10-13/h7,9-11H,4-6,8H2,1-3H3,(H,18,19,20). The van der Waals surface area contributed by atoms with Crippen LogP contribution in [-0.4, -0.2) is 21.5 Å². The summed E-state index contributed by atoms with van der Waals surface area (Å²) in [6.07, 6.45) is 4.85. The van der Waals surface area contributed by atoms with Crippen LogP contribution < -0.4 is 5.32 Å². The lowest BCUT2D eigenvalue weighted by atomic mass is 10.1. The van der Waals surface area contributed by atoms with Gasteiger partial charge in [-0.2, -0.15) is 0 Å². The Balaban J connectivity index is 2.37. The van der Waals surface area contributed by atoms with Gasteiger partial charge in [0.1, 0.15) is 11.6 Å². The minimum absolute atomic E-state index is 0.901. The van der Waals surface area contributed by atoms with Gasteiger partial charge in [-0.1, -0.05) is 13.8 Å². The maximum atomic E-state index is 4.66. The third-order valence-corrected chi connectivity index (χ3v) is 2.99. The highest BCUT2D eigenvalue weighted by atomic mass is 15.0. The van der Waals surface area contributed by atoms with Crippen molar-refractivity contribution in [3.8, 4) is 11.3 Å². The Kier molecular flexibility index (Phi) is 5.04. The molecule has 20 heavy (non-hydrogen) atoms. The van der Waals surface area contributed by atoms with Crippen molar-refractivity contribution in [2.75, 3.05) is 11.9 Å². The predicted octanol–water partition coefficient (Wildman–Crippen LogP) is 3.62. The Morgan fingerprint density at radius 1 is 1.10 bits per heavy atom. The van der Waals surface area contributed by atoms with E-state index in [-0.39, 0.29) is 0 Å². The van der Waals surface area contributed by atoms with Gasteiger partial charge in [0.15, 0.2) is 0 Å². The summed E-state index contributed by atoms with van der Waals surface area (Å²) in [4.78, 5) is 13.5. The number of pyridine rings is 1. The molecular weight excluding hydrogens is 248 g/mol. The smallest absolute Gasteiger partial charge is 0.131 e. The zero-order valence-electron chi connectivity index (χ0n) is 12.5. The molecule has 0 aliphatic heterocycles. The van der Waals surface area contributed by atoms with Crippen LogP contribution >= 0.6 is 0 Å². The Morgan fingerprint density at radius 2 is 1.95 bits per heavy atom. The number of nitrogens with zero attached hydrogens (tertiary/aromatic N) is 3. The normalized spacial score (nSPS) is 10.6. The van der Waals surface area contributed by atoms with Gasteiger partial charge in [-0.3, -0.25) is 4.98 Å². The van der Waals surface area contributed by atoms with Crippen LogP contribution in [0.1, 0.15) is 38.2 Å². The third kappa shape index (κ3) is 3.76. The molecule has 0 saturated heterocycles. The number of nitrogens with one attached hydrogen (secondary N) is 1. The summed E-state index contributed by atoms with van der Waals surface area (Å²) < 4.78 is 0. The lowest BCUT2D eigenvalue weighted by molar-refractivity contribution is 0.834. The van der Waals surface area contributed by atoms with Gasteiger partial charge in [-0.25, -0.2) is 9.97 Å². The molecule has 4 heteroatoms. The Hall–Kier alpha value is -1.97. The first-order valence-corrected chi connectivity index (χ1v) is 7.27. The predicted molar refractivity (Wildman–Crippen MR) is 82.8 cm³/mol. The van der Waals surface area contributed by atoms with Gasteiger partial charge in [0.25, 0.3) is 0 Å². The van der Waals surface area contributed by atoms with Crippen molar-refractivity contribution in [2.24, 2.45) is 0 Å². The van der Waals surface area contributed by atoms with E-state index in [9.17, 15) is 0 Å². The molecule has 0 radical (unpaired) electrons. The van der Waals surface area contributed by atoms with Crippen molar-refractivity contribution in [1.82, 2.24) is 15.0 Å². The Bertz CT molecular complexity index is 566. The molecule has 0 spiro atoms. The summed E-state index contributed by atoms with van der Waals surface area (Å²) in [6.45, 7) is 7.21. The highest BCUT2D eigenvalue weighted by Crippen LogP contribution is 2.20. The van der Waals surface area contributed by atoms with E-state index in [1.807, 2.05) is 25.3 Å². The fourth-order valence-corrected chi connectivity index (χ4v) is 2.03. The van der Waals surface area contributed by atoms with Crippen LogP contribution in [0.4, 0.5) is 5.82 Å². The maximum absolute atomic E-state index is 4.66. The first kappa shape index (κ1) is 14.4. The molecule has 0 fully saturated rings. The molecule has 4 nitrogen and oxygen atoms in total. The molecule has 2 heterocycles. The van der Waals surface area contributed by atoms with Gasteiger partial charge in [-0.15, -0.1) is 0 Å². The number of aryl methyl sites for hydroxylation is 2. The number of hydrogen-bond donors (Lipinski definition) is 1. The topological polar surface area (TPSA) is 50.7 Å². The first-order chi connectivity index (χ1) is 9.72. The van der Waals surface area contributed by atoms with E-state index in [0.29, 0.717) is 0 Å². The van der Waals surface area contributed by atoms with Crippen molar-refractivity contribution in [2.45, 2.75) is 40.0 Å². The van der Waals surface area contributed by atoms with E-state index in [4.69, 9.17) is 0 Å². The molecule has 2 rings (SSSR count). The Labute approximate surface area is 120 Å². The number of hydrogen-bond acceptors (Lipinski definition) is 4. The zero-order chi connectivity index (χ0) is 14.4. The summed E-state index contributed by atoms with van der Waals surface area (Å²) in [5, 5.41) is 3.35. The van der Waals surface area contributed by atoms with Crippen LogP contribution in [0.2, 0.25) is 0 Å². The molecule has 0 amide bonds. The average Bonchev–Trinajstić information content (AvgIpc) is 2.45. The first-order valence-electron chi connectivity index (χ1n) is 7.27.